The van der Waals surface area contributed by atoms with E-state index in [1.165, 1.54) is 0 Å². The van der Waals surface area contributed by atoms with Gasteiger partial charge in [-0.3, -0.25) is 6.08 Å². The molecule has 0 aromatic rings. The van der Waals surface area contributed by atoms with Gasteiger partial charge >= 0.3 is 0 Å². The fourth-order valence-electron chi connectivity index (χ4n) is 0.340. The van der Waals surface area contributed by atoms with E-state index in [9.17, 15) is 0 Å². The number of allylic oxidation sites excluding steroid dienone is 4. The van der Waals surface area contributed by atoms with Crippen molar-refractivity contribution in [2.75, 3.05) is 0 Å². The Morgan fingerprint density at radius 2 is 1.50 bits per heavy atom. The summed E-state index contributed by atoms with van der Waals surface area (Å²) in [7, 11) is 0. The molecule has 0 heterocycles. The molecule has 0 fully saturated rings. The van der Waals surface area contributed by atoms with Crippen LogP contribution in [0, 0.1) is 34.8 Å². The van der Waals surface area contributed by atoms with Crippen LogP contribution in [0.4, 0.5) is 0 Å². The first-order valence-corrected chi connectivity index (χ1v) is 4.13. The summed E-state index contributed by atoms with van der Waals surface area (Å²) in [5.41, 5.74) is 0. The molecule has 1 aliphatic carbocycles. The van der Waals surface area contributed by atoms with E-state index in [0.29, 0.717) is 0 Å². The Morgan fingerprint density at radius 3 is 1.57 bits per heavy atom. The van der Waals surface area contributed by atoms with E-state index in [-0.39, 0.29) is 40.7 Å². The van der Waals surface area contributed by atoms with Crippen molar-refractivity contribution in [1.29, 1.82) is 0 Å². The van der Waals surface area contributed by atoms with Gasteiger partial charge in [0.05, 0.1) is 0 Å². The first-order valence-electron chi connectivity index (χ1n) is 4.13. The first kappa shape index (κ1) is 29.3. The molecule has 0 aromatic carbocycles. The standard InChI is InChI=1S/C5H5.2C3H7.2CH3.Hf/c1-2-4-5-3-1;2*1-3-2;;;/h1-3H,4H2;2*1,3H2,2H3;2*1H3;/q5*-1;. The maximum atomic E-state index is 3.49. The fraction of sp³-hybridized carbons (Fsp3) is 0.385. The predicted molar refractivity (Wildman–Crippen MR) is 65.7 cm³/mol. The molecule has 0 N–H and O–H groups in total. The maximum absolute atomic E-state index is 3.49. The Bertz CT molecular complexity index is 81.4. The van der Waals surface area contributed by atoms with Gasteiger partial charge in [0.15, 0.2) is 0 Å². The Kier molecular flexibility index (Phi) is 78.8. The predicted octanol–water partition coefficient (Wildman–Crippen LogP) is 4.66. The molecule has 0 nitrogen and oxygen atoms in total. The zero-order valence-corrected chi connectivity index (χ0v) is 13.9. The molecule has 0 unspecified atom stereocenters. The van der Waals surface area contributed by atoms with Crippen LogP contribution in [0.1, 0.15) is 33.1 Å². The van der Waals surface area contributed by atoms with Gasteiger partial charge in [0.25, 0.3) is 0 Å². The molecular formula is C13H25Hf-5. The van der Waals surface area contributed by atoms with Crippen molar-refractivity contribution in [3.05, 3.63) is 53.0 Å². The molecule has 1 rings (SSSR count). The van der Waals surface area contributed by atoms with Crippen LogP contribution in [0.15, 0.2) is 18.2 Å². The van der Waals surface area contributed by atoms with E-state index in [1.54, 1.807) is 0 Å². The number of hydrogen-bond acceptors (Lipinski definition) is 0. The molecular weight excluding hydrogens is 335 g/mol. The van der Waals surface area contributed by atoms with Crippen molar-refractivity contribution in [2.24, 2.45) is 0 Å². The van der Waals surface area contributed by atoms with Gasteiger partial charge in [-0.1, -0.05) is 13.8 Å². The van der Waals surface area contributed by atoms with Crippen molar-refractivity contribution in [1.82, 2.24) is 0 Å². The largest absolute Gasteiger partial charge is 0.358 e. The molecule has 86 valence electrons. The summed E-state index contributed by atoms with van der Waals surface area (Å²) in [4.78, 5) is 0. The number of rotatable bonds is 0. The second-order valence-corrected chi connectivity index (χ2v) is 2.00. The Labute approximate surface area is 112 Å². The van der Waals surface area contributed by atoms with E-state index < -0.39 is 0 Å². The van der Waals surface area contributed by atoms with Gasteiger partial charge < -0.3 is 28.7 Å². The van der Waals surface area contributed by atoms with Gasteiger partial charge in [0, 0.05) is 25.8 Å². The smallest absolute Gasteiger partial charge is 0 e. The second-order valence-electron chi connectivity index (χ2n) is 2.00. The van der Waals surface area contributed by atoms with E-state index >= 15 is 0 Å². The Morgan fingerprint density at radius 1 is 1.14 bits per heavy atom. The Hall–Kier alpha value is 0.350. The van der Waals surface area contributed by atoms with Crippen LogP contribution >= 0.6 is 0 Å². The van der Waals surface area contributed by atoms with E-state index in [2.05, 4.69) is 26.0 Å². The summed E-state index contributed by atoms with van der Waals surface area (Å²) in [5.74, 6) is 0. The van der Waals surface area contributed by atoms with Gasteiger partial charge in [-0.15, -0.1) is 6.42 Å². The monoisotopic (exact) mass is 361 g/mol. The molecule has 14 heavy (non-hydrogen) atoms. The van der Waals surface area contributed by atoms with Crippen molar-refractivity contribution >= 4 is 0 Å². The van der Waals surface area contributed by atoms with Crippen LogP contribution in [-0.4, -0.2) is 0 Å². The molecule has 0 saturated carbocycles. The molecule has 0 aromatic heterocycles. The third-order valence-electron chi connectivity index (χ3n) is 0.586. The minimum atomic E-state index is 0. The fourth-order valence-corrected chi connectivity index (χ4v) is 0.340. The minimum absolute atomic E-state index is 0. The molecule has 0 amide bonds. The quantitative estimate of drug-likeness (QED) is 0.435. The van der Waals surface area contributed by atoms with Crippen molar-refractivity contribution < 1.29 is 25.8 Å². The van der Waals surface area contributed by atoms with Crippen molar-refractivity contribution in [3.63, 3.8) is 0 Å². The van der Waals surface area contributed by atoms with Gasteiger partial charge in [0.1, 0.15) is 0 Å². The minimum Gasteiger partial charge on any atom is -0.358 e. The molecule has 0 bridgehead atoms. The van der Waals surface area contributed by atoms with Crippen LogP contribution in [0.3, 0.4) is 0 Å². The number of hydrogen-bond donors (Lipinski definition) is 0. The van der Waals surface area contributed by atoms with Gasteiger partial charge in [-0.2, -0.15) is 18.9 Å². The van der Waals surface area contributed by atoms with Crippen LogP contribution in [0.5, 0.6) is 0 Å². The van der Waals surface area contributed by atoms with E-state index in [1.807, 2.05) is 26.0 Å². The summed E-state index contributed by atoms with van der Waals surface area (Å²) >= 11 is 0. The van der Waals surface area contributed by atoms with Crippen LogP contribution in [-0.2, 0) is 25.8 Å². The van der Waals surface area contributed by atoms with E-state index in [4.69, 9.17) is 0 Å². The molecule has 1 heteroatoms. The summed E-state index contributed by atoms with van der Waals surface area (Å²) < 4.78 is 0. The van der Waals surface area contributed by atoms with Gasteiger partial charge in [-0.05, 0) is 0 Å². The normalized spacial score (nSPS) is 8.86. The second kappa shape index (κ2) is 37.7. The third-order valence-corrected chi connectivity index (χ3v) is 0.586. The average Bonchev–Trinajstić information content (AvgIpc) is 2.44. The van der Waals surface area contributed by atoms with Gasteiger partial charge in [-0.25, -0.2) is 12.2 Å². The first-order chi connectivity index (χ1) is 5.33. The van der Waals surface area contributed by atoms with Crippen molar-refractivity contribution in [3.8, 4) is 0 Å². The average molecular weight is 360 g/mol. The Balaban J connectivity index is -0.0000000276. The van der Waals surface area contributed by atoms with Crippen molar-refractivity contribution in [2.45, 2.75) is 33.1 Å². The van der Waals surface area contributed by atoms with Gasteiger partial charge in [0.2, 0.25) is 0 Å². The zero-order chi connectivity index (χ0) is 8.95. The molecule has 0 spiro atoms. The summed E-state index contributed by atoms with van der Waals surface area (Å²) in [6.07, 6.45) is 12.0. The summed E-state index contributed by atoms with van der Waals surface area (Å²) in [6.45, 7) is 11.0. The van der Waals surface area contributed by atoms with Crippen LogP contribution < -0.4 is 0 Å². The summed E-state index contributed by atoms with van der Waals surface area (Å²) in [6, 6.07) is 0. The maximum Gasteiger partial charge on any atom is 0 e. The molecule has 0 aliphatic heterocycles. The molecule has 0 saturated heterocycles. The SMILES string of the molecule is [C-]1=CC=CC1.[CH2-]CC.[CH2-]CC.[CH3-].[CH3-].[Hf]. The topological polar surface area (TPSA) is 0 Å². The molecule has 0 atom stereocenters. The zero-order valence-electron chi connectivity index (χ0n) is 10.3. The molecule has 1 aliphatic rings. The third kappa shape index (κ3) is 55.6. The summed E-state index contributed by atoms with van der Waals surface area (Å²) in [5, 5.41) is 0. The van der Waals surface area contributed by atoms with Crippen LogP contribution in [0.2, 0.25) is 0 Å². The van der Waals surface area contributed by atoms with Crippen LogP contribution in [0.25, 0.3) is 0 Å². The molecule has 0 radical (unpaired) electrons. The van der Waals surface area contributed by atoms with E-state index in [0.717, 1.165) is 19.3 Å².